The summed E-state index contributed by atoms with van der Waals surface area (Å²) >= 11 is 5.31. The van der Waals surface area contributed by atoms with Gasteiger partial charge in [0.1, 0.15) is 12.3 Å². The van der Waals surface area contributed by atoms with Crippen molar-refractivity contribution in [3.05, 3.63) is 42.7 Å². The Morgan fingerprint density at radius 3 is 2.53 bits per heavy atom. The molecule has 1 heterocycles. The fraction of sp³-hybridized carbons (Fsp3) is 0.263. The highest BCUT2D eigenvalue weighted by Gasteiger charge is 2.29. The maximum atomic E-state index is 12.9. The van der Waals surface area contributed by atoms with Gasteiger partial charge in [0.25, 0.3) is 0 Å². The first-order valence-corrected chi connectivity index (χ1v) is 11.2. The van der Waals surface area contributed by atoms with E-state index in [2.05, 4.69) is 15.6 Å². The van der Waals surface area contributed by atoms with Crippen LogP contribution in [0.4, 0.5) is 24.5 Å². The van der Waals surface area contributed by atoms with Gasteiger partial charge in [-0.05, 0) is 56.4 Å². The number of sulfonamides is 1. The Bertz CT molecular complexity index is 1260. The first kappa shape index (κ1) is 23.8. The van der Waals surface area contributed by atoms with E-state index in [1.54, 1.807) is 32.0 Å². The van der Waals surface area contributed by atoms with Gasteiger partial charge in [0.15, 0.2) is 5.11 Å². The number of fused-ring (bicyclic) bond motifs is 1. The zero-order valence-electron chi connectivity index (χ0n) is 17.0. The van der Waals surface area contributed by atoms with Crippen LogP contribution in [-0.4, -0.2) is 35.4 Å². The number of anilines is 2. The number of hydrogen-bond acceptors (Lipinski definition) is 5. The molecule has 0 amide bonds. The molecule has 0 saturated heterocycles. The van der Waals surface area contributed by atoms with Crippen LogP contribution in [0.1, 0.15) is 13.8 Å². The van der Waals surface area contributed by atoms with E-state index in [0.717, 1.165) is 10.9 Å². The summed E-state index contributed by atoms with van der Waals surface area (Å²) in [6, 6.07) is 8.74. The second kappa shape index (κ2) is 8.92. The fourth-order valence-corrected chi connectivity index (χ4v) is 3.72. The smallest absolute Gasteiger partial charge is 0.406 e. The molecule has 0 aliphatic heterocycles. The number of ether oxygens (including phenoxy) is 1. The zero-order chi connectivity index (χ0) is 23.7. The summed E-state index contributed by atoms with van der Waals surface area (Å²) in [7, 11) is -3.99. The van der Waals surface area contributed by atoms with Gasteiger partial charge in [-0.15, -0.1) is 0 Å². The molecular weight excluding hydrogens is 467 g/mol. The maximum Gasteiger partial charge on any atom is 0.406 e. The topological polar surface area (TPSA) is 111 Å². The first-order chi connectivity index (χ1) is 14.8. The molecule has 2 aromatic carbocycles. The average molecular weight is 488 g/mol. The van der Waals surface area contributed by atoms with Crippen LogP contribution in [0.2, 0.25) is 0 Å². The average Bonchev–Trinajstić information content (AvgIpc) is 3.04. The van der Waals surface area contributed by atoms with Crippen molar-refractivity contribution in [2.45, 2.75) is 37.6 Å². The molecule has 3 rings (SSSR count). The minimum Gasteiger partial charge on any atom is -0.489 e. The number of thiocarbonyl (C=S) groups is 1. The molecule has 4 N–H and O–H groups in total. The summed E-state index contributed by atoms with van der Waals surface area (Å²) < 4.78 is 68.9. The Hall–Kier alpha value is -2.90. The molecule has 0 unspecified atom stereocenters. The molecule has 0 atom stereocenters. The lowest BCUT2D eigenvalue weighted by molar-refractivity contribution is -0.139. The van der Waals surface area contributed by atoms with Gasteiger partial charge >= 0.3 is 6.18 Å². The third kappa shape index (κ3) is 5.87. The molecule has 1 aromatic heterocycles. The summed E-state index contributed by atoms with van der Waals surface area (Å²) in [6.45, 7) is 2.36. The van der Waals surface area contributed by atoms with E-state index in [-0.39, 0.29) is 33.0 Å². The SMILES string of the molecule is CC(C)Oc1ccc(S(N)(=O)=O)cc1NC(=S)Nc1cccc2ncn(CC(F)(F)F)c12. The van der Waals surface area contributed by atoms with Gasteiger partial charge in [0.2, 0.25) is 10.0 Å². The van der Waals surface area contributed by atoms with Gasteiger partial charge in [-0.3, -0.25) is 0 Å². The molecule has 13 heteroatoms. The van der Waals surface area contributed by atoms with Gasteiger partial charge in [0, 0.05) is 0 Å². The summed E-state index contributed by atoms with van der Waals surface area (Å²) in [5.41, 5.74) is 1.07. The van der Waals surface area contributed by atoms with Crippen molar-refractivity contribution >= 4 is 49.8 Å². The van der Waals surface area contributed by atoms with Crippen LogP contribution >= 0.6 is 12.2 Å². The number of hydrogen-bond donors (Lipinski definition) is 3. The summed E-state index contributed by atoms with van der Waals surface area (Å²) in [5, 5.41) is 10.9. The molecule has 0 fully saturated rings. The van der Waals surface area contributed by atoms with Crippen molar-refractivity contribution < 1.29 is 26.3 Å². The zero-order valence-corrected chi connectivity index (χ0v) is 18.6. The quantitative estimate of drug-likeness (QED) is 0.453. The van der Waals surface area contributed by atoms with Crippen LogP contribution in [-0.2, 0) is 16.6 Å². The highest BCUT2D eigenvalue weighted by atomic mass is 32.2. The van der Waals surface area contributed by atoms with Crippen LogP contribution in [0.25, 0.3) is 11.0 Å². The van der Waals surface area contributed by atoms with Crippen LogP contribution in [0.15, 0.2) is 47.6 Å². The third-order valence-corrected chi connectivity index (χ3v) is 5.24. The number of aromatic nitrogens is 2. The highest BCUT2D eigenvalue weighted by Crippen LogP contribution is 2.30. The van der Waals surface area contributed by atoms with E-state index in [0.29, 0.717) is 11.3 Å². The van der Waals surface area contributed by atoms with Crippen molar-refractivity contribution in [1.82, 2.24) is 9.55 Å². The number of alkyl halides is 3. The largest absolute Gasteiger partial charge is 0.489 e. The van der Waals surface area contributed by atoms with E-state index in [9.17, 15) is 21.6 Å². The number of halogens is 3. The molecule has 0 saturated carbocycles. The monoisotopic (exact) mass is 487 g/mol. The number of rotatable bonds is 6. The van der Waals surface area contributed by atoms with E-state index >= 15 is 0 Å². The Morgan fingerprint density at radius 1 is 1.22 bits per heavy atom. The number of nitrogens with one attached hydrogen (secondary N) is 2. The summed E-state index contributed by atoms with van der Waals surface area (Å²) in [4.78, 5) is 3.84. The standard InChI is InChI=1S/C19H20F3N5O3S2/c1-11(2)30-16-7-6-12(32(23,28)29)8-15(16)26-18(31)25-14-5-3-4-13-17(14)27(10-24-13)9-19(20,21)22/h3-8,10-11H,9H2,1-2H3,(H2,23,28,29)(H2,25,26,31). The fourth-order valence-electron chi connectivity index (χ4n) is 2.96. The lowest BCUT2D eigenvalue weighted by Crippen LogP contribution is -2.22. The predicted octanol–water partition coefficient (Wildman–Crippen LogP) is 3.84. The Kier molecular flexibility index (Phi) is 6.62. The van der Waals surface area contributed by atoms with Crippen molar-refractivity contribution in [2.75, 3.05) is 10.6 Å². The Morgan fingerprint density at radius 2 is 1.91 bits per heavy atom. The van der Waals surface area contributed by atoms with Gasteiger partial charge in [-0.2, -0.15) is 13.2 Å². The highest BCUT2D eigenvalue weighted by molar-refractivity contribution is 7.89. The molecule has 3 aromatic rings. The predicted molar refractivity (Wildman–Crippen MR) is 119 cm³/mol. The van der Waals surface area contributed by atoms with Crippen molar-refractivity contribution in [1.29, 1.82) is 0 Å². The summed E-state index contributed by atoms with van der Waals surface area (Å²) in [6.07, 6.45) is -3.55. The maximum absolute atomic E-state index is 12.9. The molecule has 0 radical (unpaired) electrons. The number of para-hydroxylation sites is 1. The van der Waals surface area contributed by atoms with Crippen molar-refractivity contribution in [3.63, 3.8) is 0 Å². The first-order valence-electron chi connectivity index (χ1n) is 9.25. The van der Waals surface area contributed by atoms with E-state index < -0.39 is 22.7 Å². The molecule has 32 heavy (non-hydrogen) atoms. The Balaban J connectivity index is 1.92. The Labute approximate surface area is 187 Å². The van der Waals surface area contributed by atoms with Crippen LogP contribution in [0, 0.1) is 0 Å². The number of nitrogens with two attached hydrogens (primary N) is 1. The number of nitrogens with zero attached hydrogens (tertiary/aromatic N) is 2. The normalized spacial score (nSPS) is 12.2. The second-order valence-electron chi connectivity index (χ2n) is 7.11. The molecular formula is C19H20F3N5O3S2. The van der Waals surface area contributed by atoms with Gasteiger partial charge < -0.3 is 19.9 Å². The van der Waals surface area contributed by atoms with Crippen LogP contribution < -0.4 is 20.5 Å². The number of imidazole rings is 1. The van der Waals surface area contributed by atoms with Gasteiger partial charge in [-0.25, -0.2) is 18.5 Å². The molecule has 0 aliphatic rings. The van der Waals surface area contributed by atoms with Crippen LogP contribution in [0.5, 0.6) is 5.75 Å². The summed E-state index contributed by atoms with van der Waals surface area (Å²) in [5.74, 6) is 0.317. The minimum atomic E-state index is -4.43. The molecule has 0 bridgehead atoms. The van der Waals surface area contributed by atoms with Gasteiger partial charge in [0.05, 0.1) is 39.7 Å². The second-order valence-corrected chi connectivity index (χ2v) is 9.08. The molecule has 0 spiro atoms. The molecule has 8 nitrogen and oxygen atoms in total. The lowest BCUT2D eigenvalue weighted by Gasteiger charge is -2.18. The molecule has 172 valence electrons. The third-order valence-electron chi connectivity index (χ3n) is 4.13. The number of benzene rings is 2. The molecule has 0 aliphatic carbocycles. The minimum absolute atomic E-state index is 0.00238. The number of primary sulfonamides is 1. The van der Waals surface area contributed by atoms with Crippen LogP contribution in [0.3, 0.4) is 0 Å². The van der Waals surface area contributed by atoms with Crippen molar-refractivity contribution in [2.24, 2.45) is 5.14 Å². The van der Waals surface area contributed by atoms with E-state index in [4.69, 9.17) is 22.1 Å². The lowest BCUT2D eigenvalue weighted by atomic mass is 10.2. The van der Waals surface area contributed by atoms with Crippen molar-refractivity contribution in [3.8, 4) is 5.75 Å². The van der Waals surface area contributed by atoms with E-state index in [1.165, 1.54) is 18.2 Å². The van der Waals surface area contributed by atoms with Gasteiger partial charge in [-0.1, -0.05) is 6.07 Å². The van der Waals surface area contributed by atoms with E-state index in [1.807, 2.05) is 0 Å².